The number of nitrogens with one attached hydrogen (secondary N) is 1. The number of oxazole rings is 1. The number of aryl methyl sites for hydroxylation is 1. The van der Waals surface area contributed by atoms with Crippen molar-refractivity contribution >= 4 is 17.7 Å². The van der Waals surface area contributed by atoms with Crippen LogP contribution in [0.1, 0.15) is 21.8 Å². The number of amides is 2. The number of nitrogens with zero attached hydrogens (tertiary/aromatic N) is 2. The van der Waals surface area contributed by atoms with Crippen LogP contribution in [0.15, 0.2) is 59.0 Å². The highest BCUT2D eigenvalue weighted by molar-refractivity contribution is 5.97. The van der Waals surface area contributed by atoms with Crippen LogP contribution in [0.3, 0.4) is 0 Å². The molecule has 0 radical (unpaired) electrons. The fourth-order valence-corrected chi connectivity index (χ4v) is 3.20. The van der Waals surface area contributed by atoms with Gasteiger partial charge in [0, 0.05) is 29.8 Å². The smallest absolute Gasteiger partial charge is 0.414 e. The first kappa shape index (κ1) is 18.7. The minimum atomic E-state index is -0.390. The van der Waals surface area contributed by atoms with E-state index in [1.165, 1.54) is 4.90 Å². The lowest BCUT2D eigenvalue weighted by molar-refractivity contribution is 0.0954. The van der Waals surface area contributed by atoms with Crippen LogP contribution in [0.5, 0.6) is 0 Å². The Labute approximate surface area is 168 Å². The highest BCUT2D eigenvalue weighted by Gasteiger charge is 2.24. The summed E-state index contributed by atoms with van der Waals surface area (Å²) < 4.78 is 10.7. The van der Waals surface area contributed by atoms with E-state index in [1.807, 2.05) is 37.3 Å². The first-order valence-corrected chi connectivity index (χ1v) is 9.46. The predicted octanol–water partition coefficient (Wildman–Crippen LogP) is 3.58. The maximum atomic E-state index is 12.5. The van der Waals surface area contributed by atoms with Crippen molar-refractivity contribution in [3.05, 3.63) is 71.6 Å². The minimum Gasteiger partial charge on any atom is -0.447 e. The summed E-state index contributed by atoms with van der Waals surface area (Å²) in [5, 5.41) is 2.90. The van der Waals surface area contributed by atoms with Crippen LogP contribution >= 0.6 is 0 Å². The van der Waals surface area contributed by atoms with Gasteiger partial charge in [-0.25, -0.2) is 9.78 Å². The number of ether oxygens (including phenoxy) is 1. The molecule has 1 aliphatic rings. The van der Waals surface area contributed by atoms with E-state index in [-0.39, 0.29) is 5.91 Å². The molecule has 0 spiro atoms. The average Bonchev–Trinajstić information content (AvgIpc) is 3.34. The van der Waals surface area contributed by atoms with Crippen molar-refractivity contribution in [2.24, 2.45) is 0 Å². The average molecular weight is 391 g/mol. The number of carbonyl (C=O) groups excluding carboxylic acids is 2. The first-order valence-electron chi connectivity index (χ1n) is 9.46. The molecule has 1 N–H and O–H groups in total. The molecule has 2 amide bonds. The van der Waals surface area contributed by atoms with Gasteiger partial charge in [0.25, 0.3) is 5.91 Å². The quantitative estimate of drug-likeness (QED) is 0.694. The second-order valence-corrected chi connectivity index (χ2v) is 6.71. The highest BCUT2D eigenvalue weighted by atomic mass is 16.6. The maximum Gasteiger partial charge on any atom is 0.414 e. The Morgan fingerprint density at radius 3 is 2.76 bits per heavy atom. The summed E-state index contributed by atoms with van der Waals surface area (Å²) in [6, 6.07) is 16.6. The van der Waals surface area contributed by atoms with E-state index in [2.05, 4.69) is 10.3 Å². The molecule has 2 aromatic carbocycles. The molecule has 1 fully saturated rings. The van der Waals surface area contributed by atoms with E-state index in [1.54, 1.807) is 24.3 Å². The topological polar surface area (TPSA) is 84.7 Å². The van der Waals surface area contributed by atoms with E-state index < -0.39 is 6.09 Å². The number of rotatable bonds is 6. The van der Waals surface area contributed by atoms with Crippen molar-refractivity contribution < 1.29 is 18.7 Å². The van der Waals surface area contributed by atoms with Gasteiger partial charge < -0.3 is 14.5 Å². The van der Waals surface area contributed by atoms with Crippen LogP contribution in [-0.2, 0) is 11.2 Å². The third-order valence-electron chi connectivity index (χ3n) is 4.74. The Morgan fingerprint density at radius 1 is 1.17 bits per heavy atom. The molecule has 0 aliphatic carbocycles. The van der Waals surface area contributed by atoms with E-state index in [0.29, 0.717) is 43.3 Å². The number of benzene rings is 2. The van der Waals surface area contributed by atoms with Crippen molar-refractivity contribution in [3.8, 4) is 11.5 Å². The summed E-state index contributed by atoms with van der Waals surface area (Å²) in [7, 11) is 0. The second-order valence-electron chi connectivity index (χ2n) is 6.71. The zero-order valence-corrected chi connectivity index (χ0v) is 16.1. The predicted molar refractivity (Wildman–Crippen MR) is 108 cm³/mol. The molecule has 0 bridgehead atoms. The molecule has 4 rings (SSSR count). The normalized spacial score (nSPS) is 13.4. The number of anilines is 1. The molecule has 29 heavy (non-hydrogen) atoms. The van der Waals surface area contributed by atoms with Gasteiger partial charge in [-0.05, 0) is 37.3 Å². The lowest BCUT2D eigenvalue weighted by Gasteiger charge is -2.13. The summed E-state index contributed by atoms with van der Waals surface area (Å²) in [6.45, 7) is 3.14. The molecule has 0 saturated carbocycles. The maximum absolute atomic E-state index is 12.5. The van der Waals surface area contributed by atoms with E-state index in [0.717, 1.165) is 17.0 Å². The van der Waals surface area contributed by atoms with Crippen LogP contribution in [0.25, 0.3) is 11.5 Å². The Morgan fingerprint density at radius 2 is 2.00 bits per heavy atom. The minimum absolute atomic E-state index is 0.205. The largest absolute Gasteiger partial charge is 0.447 e. The molecular weight excluding hydrogens is 370 g/mol. The third kappa shape index (κ3) is 4.13. The lowest BCUT2D eigenvalue weighted by atomic mass is 10.1. The van der Waals surface area contributed by atoms with Crippen LogP contribution < -0.4 is 10.2 Å². The molecule has 0 unspecified atom stereocenters. The van der Waals surface area contributed by atoms with Gasteiger partial charge in [-0.1, -0.05) is 24.3 Å². The zero-order chi connectivity index (χ0) is 20.2. The van der Waals surface area contributed by atoms with Crippen LogP contribution in [0, 0.1) is 6.92 Å². The Kier molecular flexibility index (Phi) is 5.29. The van der Waals surface area contributed by atoms with E-state index in [4.69, 9.17) is 9.15 Å². The highest BCUT2D eigenvalue weighted by Crippen LogP contribution is 2.22. The molecular formula is C22H21N3O4. The van der Waals surface area contributed by atoms with Crippen LogP contribution in [0.4, 0.5) is 10.5 Å². The van der Waals surface area contributed by atoms with E-state index >= 15 is 0 Å². The van der Waals surface area contributed by atoms with Gasteiger partial charge in [0.1, 0.15) is 12.4 Å². The van der Waals surface area contributed by atoms with Crippen molar-refractivity contribution in [2.75, 3.05) is 24.6 Å². The SMILES string of the molecule is Cc1oc(-c2ccccc2)nc1CCNC(=O)c1cccc(N2CCOC2=O)c1. The molecule has 2 heterocycles. The van der Waals surface area contributed by atoms with Gasteiger partial charge >= 0.3 is 6.09 Å². The number of carbonyl (C=O) groups is 2. The molecule has 3 aromatic rings. The summed E-state index contributed by atoms with van der Waals surface area (Å²) in [5.41, 5.74) is 2.88. The number of hydrogen-bond acceptors (Lipinski definition) is 5. The molecule has 1 aromatic heterocycles. The Bertz CT molecular complexity index is 1030. The Hall–Kier alpha value is -3.61. The van der Waals surface area contributed by atoms with Gasteiger partial charge in [-0.3, -0.25) is 9.69 Å². The van der Waals surface area contributed by atoms with E-state index in [9.17, 15) is 9.59 Å². The second kappa shape index (κ2) is 8.18. The zero-order valence-electron chi connectivity index (χ0n) is 16.1. The van der Waals surface area contributed by atoms with Gasteiger partial charge in [0.2, 0.25) is 5.89 Å². The summed E-state index contributed by atoms with van der Waals surface area (Å²) >= 11 is 0. The lowest BCUT2D eigenvalue weighted by Crippen LogP contribution is -2.27. The first-order chi connectivity index (χ1) is 14.1. The molecule has 7 nitrogen and oxygen atoms in total. The summed E-state index contributed by atoms with van der Waals surface area (Å²) in [4.78, 5) is 30.3. The number of cyclic esters (lactones) is 1. The molecule has 7 heteroatoms. The van der Waals surface area contributed by atoms with Gasteiger partial charge in [-0.2, -0.15) is 0 Å². The standard InChI is InChI=1S/C22H21N3O4/c1-15-19(24-21(29-15)16-6-3-2-4-7-16)10-11-23-20(26)17-8-5-9-18(14-17)25-12-13-28-22(25)27/h2-9,14H,10-13H2,1H3,(H,23,26). The van der Waals surface area contributed by atoms with Crippen molar-refractivity contribution in [1.82, 2.24) is 10.3 Å². The van der Waals surface area contributed by atoms with Crippen LogP contribution in [0.2, 0.25) is 0 Å². The fourth-order valence-electron chi connectivity index (χ4n) is 3.20. The van der Waals surface area contributed by atoms with Crippen LogP contribution in [-0.4, -0.2) is 36.7 Å². The fraction of sp³-hybridized carbons (Fsp3) is 0.227. The van der Waals surface area contributed by atoms with Crippen molar-refractivity contribution in [1.29, 1.82) is 0 Å². The van der Waals surface area contributed by atoms with Gasteiger partial charge in [-0.15, -0.1) is 0 Å². The Balaban J connectivity index is 1.37. The molecule has 0 atom stereocenters. The van der Waals surface area contributed by atoms with Gasteiger partial charge in [0.15, 0.2) is 0 Å². The summed E-state index contributed by atoms with van der Waals surface area (Å²) in [5.74, 6) is 1.12. The third-order valence-corrected chi connectivity index (χ3v) is 4.74. The molecule has 1 aliphatic heterocycles. The van der Waals surface area contributed by atoms with Crippen molar-refractivity contribution in [2.45, 2.75) is 13.3 Å². The monoisotopic (exact) mass is 391 g/mol. The summed E-state index contributed by atoms with van der Waals surface area (Å²) in [6.07, 6.45) is 0.171. The van der Waals surface area contributed by atoms with Gasteiger partial charge in [0.05, 0.1) is 12.2 Å². The molecule has 1 saturated heterocycles. The number of hydrogen-bond donors (Lipinski definition) is 1. The number of aromatic nitrogens is 1. The molecule has 148 valence electrons. The van der Waals surface area contributed by atoms with Crippen molar-refractivity contribution in [3.63, 3.8) is 0 Å².